The lowest BCUT2D eigenvalue weighted by Gasteiger charge is -2.53. The Labute approximate surface area is 191 Å². The van der Waals surface area contributed by atoms with E-state index in [2.05, 4.69) is 25.1 Å². The number of hydrogen-bond donors (Lipinski definition) is 2. The van der Waals surface area contributed by atoms with Crippen molar-refractivity contribution >= 4 is 17.2 Å². The van der Waals surface area contributed by atoms with Gasteiger partial charge in [0.1, 0.15) is 0 Å². The largest absolute Gasteiger partial charge is 0.392 e. The third-order valence-electron chi connectivity index (χ3n) is 8.36. The van der Waals surface area contributed by atoms with E-state index < -0.39 is 6.10 Å². The normalized spacial score (nSPS) is 34.3. The molecule has 0 radical (unpaired) electrons. The first-order valence-electron chi connectivity index (χ1n) is 11.8. The lowest BCUT2D eigenvalue weighted by molar-refractivity contribution is -0.142. The van der Waals surface area contributed by atoms with E-state index >= 15 is 0 Å². The van der Waals surface area contributed by atoms with Crippen molar-refractivity contribution < 1.29 is 9.90 Å². The third kappa shape index (κ3) is 4.05. The predicted molar refractivity (Wildman–Crippen MR) is 125 cm³/mol. The van der Waals surface area contributed by atoms with Crippen LogP contribution in [0, 0.1) is 35.5 Å². The van der Waals surface area contributed by atoms with Gasteiger partial charge in [0.25, 0.3) is 0 Å². The van der Waals surface area contributed by atoms with Gasteiger partial charge in [-0.05, 0) is 62.4 Å². The van der Waals surface area contributed by atoms with Gasteiger partial charge in [0, 0.05) is 29.7 Å². The van der Waals surface area contributed by atoms with Crippen molar-refractivity contribution in [1.29, 1.82) is 0 Å². The van der Waals surface area contributed by atoms with Gasteiger partial charge in [-0.1, -0.05) is 26.7 Å². The molecule has 2 fully saturated rings. The van der Waals surface area contributed by atoms with Crippen LogP contribution >= 0.6 is 11.3 Å². The summed E-state index contributed by atoms with van der Waals surface area (Å²) in [7, 11) is 1.76. The van der Waals surface area contributed by atoms with Crippen molar-refractivity contribution in [1.82, 2.24) is 15.2 Å². The van der Waals surface area contributed by atoms with Gasteiger partial charge >= 0.3 is 0 Å². The molecule has 1 saturated heterocycles. The molecule has 1 aromatic heterocycles. The molecule has 31 heavy (non-hydrogen) atoms. The fourth-order valence-corrected chi connectivity index (χ4v) is 8.09. The number of amides is 1. The van der Waals surface area contributed by atoms with Gasteiger partial charge in [0.2, 0.25) is 5.91 Å². The first kappa shape index (κ1) is 22.8. The Balaban J connectivity index is 1.57. The van der Waals surface area contributed by atoms with Crippen molar-refractivity contribution in [3.8, 4) is 12.3 Å². The van der Waals surface area contributed by atoms with Crippen LogP contribution in [0.1, 0.15) is 73.9 Å². The molecule has 170 valence electrons. The average molecular weight is 444 g/mol. The van der Waals surface area contributed by atoms with E-state index in [0.29, 0.717) is 12.5 Å². The maximum atomic E-state index is 12.9. The molecule has 3 aliphatic rings. The fourth-order valence-electron chi connectivity index (χ4n) is 6.55. The van der Waals surface area contributed by atoms with Crippen molar-refractivity contribution in [2.75, 3.05) is 26.7 Å². The van der Waals surface area contributed by atoms with Gasteiger partial charge in [0.05, 0.1) is 23.4 Å². The summed E-state index contributed by atoms with van der Waals surface area (Å²) in [5.74, 6) is 3.24. The lowest BCUT2D eigenvalue weighted by Crippen LogP contribution is -2.53. The summed E-state index contributed by atoms with van der Waals surface area (Å²) < 4.78 is 0. The van der Waals surface area contributed by atoms with Crippen LogP contribution in [0.15, 0.2) is 0 Å². The van der Waals surface area contributed by atoms with Crippen LogP contribution < -0.4 is 5.32 Å². The second-order valence-corrected chi connectivity index (χ2v) is 11.5. The molecule has 0 aromatic carbocycles. The summed E-state index contributed by atoms with van der Waals surface area (Å²) in [6.07, 6.45) is 10.2. The maximum Gasteiger partial charge on any atom is 0.226 e. The molecule has 1 saturated carbocycles. The molecule has 5 nitrogen and oxygen atoms in total. The second kappa shape index (κ2) is 8.84. The molecule has 2 aliphatic carbocycles. The number of rotatable bonds is 4. The smallest absolute Gasteiger partial charge is 0.226 e. The molecule has 4 rings (SSSR count). The number of fused-ring (bicyclic) bond motifs is 2. The molecule has 2 heterocycles. The van der Waals surface area contributed by atoms with E-state index in [1.807, 2.05) is 18.3 Å². The number of carbonyl (C=O) groups is 1. The molecule has 2 N–H and O–H groups in total. The highest BCUT2D eigenvalue weighted by molar-refractivity contribution is 7.11. The van der Waals surface area contributed by atoms with Gasteiger partial charge in [-0.3, -0.25) is 4.79 Å². The van der Waals surface area contributed by atoms with Crippen molar-refractivity contribution in [3.63, 3.8) is 0 Å². The molecule has 1 amide bonds. The first-order valence-corrected chi connectivity index (χ1v) is 12.6. The summed E-state index contributed by atoms with van der Waals surface area (Å²) >= 11 is 1.92. The minimum absolute atomic E-state index is 0.0303. The number of carbonyl (C=O) groups excluding carboxylic acids is 1. The van der Waals surface area contributed by atoms with E-state index in [-0.39, 0.29) is 35.0 Å². The monoisotopic (exact) mass is 443 g/mol. The first-order chi connectivity index (χ1) is 14.8. The standard InChI is InChI=1S/C25H37N3O2S/c1-6-13-28(5)24(30)15(2)18-7-10-25(4)14-19-21(16(3)20(25)22(18)29)27-23(31-19)17-8-11-26-12-9-17/h1,15-18,20,22,26,29H,7-14H2,2-5H3/t15-,16+,18-,20+,22-,25+/m0/s1. The number of aliphatic hydroxyl groups is 1. The van der Waals surface area contributed by atoms with Crippen molar-refractivity contribution in [2.24, 2.45) is 23.2 Å². The highest BCUT2D eigenvalue weighted by atomic mass is 32.1. The Kier molecular flexibility index (Phi) is 6.49. The lowest BCUT2D eigenvalue weighted by atomic mass is 9.53. The highest BCUT2D eigenvalue weighted by Crippen LogP contribution is 2.57. The summed E-state index contributed by atoms with van der Waals surface area (Å²) in [5, 5.41) is 16.3. The van der Waals surface area contributed by atoms with E-state index in [1.165, 1.54) is 15.6 Å². The molecule has 1 aliphatic heterocycles. The summed E-state index contributed by atoms with van der Waals surface area (Å²) in [5.41, 5.74) is 1.28. The van der Waals surface area contributed by atoms with Crippen LogP contribution in [-0.2, 0) is 11.2 Å². The van der Waals surface area contributed by atoms with Gasteiger partial charge < -0.3 is 15.3 Å². The summed E-state index contributed by atoms with van der Waals surface area (Å²) in [6, 6.07) is 0. The number of nitrogens with zero attached hydrogens (tertiary/aromatic N) is 2. The van der Waals surface area contributed by atoms with E-state index in [0.717, 1.165) is 45.2 Å². The van der Waals surface area contributed by atoms with Crippen LogP contribution in [0.5, 0.6) is 0 Å². The zero-order valence-corrected chi connectivity index (χ0v) is 20.2. The van der Waals surface area contributed by atoms with Gasteiger partial charge in [-0.25, -0.2) is 4.98 Å². The topological polar surface area (TPSA) is 65.5 Å². The average Bonchev–Trinajstić information content (AvgIpc) is 3.17. The Morgan fingerprint density at radius 1 is 1.42 bits per heavy atom. The zero-order valence-electron chi connectivity index (χ0n) is 19.4. The Bertz CT molecular complexity index is 855. The van der Waals surface area contributed by atoms with E-state index in [1.54, 1.807) is 11.9 Å². The Morgan fingerprint density at radius 3 is 2.81 bits per heavy atom. The molecular formula is C25H37N3O2S. The number of hydrogen-bond acceptors (Lipinski definition) is 5. The van der Waals surface area contributed by atoms with Gasteiger partial charge in [-0.2, -0.15) is 0 Å². The Hall–Kier alpha value is -1.42. The second-order valence-electron chi connectivity index (χ2n) is 10.4. The number of thiazole rings is 1. The molecule has 6 atom stereocenters. The number of piperidine rings is 1. The van der Waals surface area contributed by atoms with Crippen LogP contribution in [0.25, 0.3) is 0 Å². The van der Waals surface area contributed by atoms with Gasteiger partial charge in [-0.15, -0.1) is 17.8 Å². The maximum absolute atomic E-state index is 12.9. The van der Waals surface area contributed by atoms with Crippen molar-refractivity contribution in [3.05, 3.63) is 15.6 Å². The van der Waals surface area contributed by atoms with Crippen LogP contribution in [0.2, 0.25) is 0 Å². The zero-order chi connectivity index (χ0) is 22.3. The van der Waals surface area contributed by atoms with Crippen LogP contribution in [0.4, 0.5) is 0 Å². The predicted octanol–water partition coefficient (Wildman–Crippen LogP) is 3.39. The molecule has 0 bridgehead atoms. The molecular weight excluding hydrogens is 406 g/mol. The summed E-state index contributed by atoms with van der Waals surface area (Å²) in [6.45, 7) is 9.01. The number of terminal acetylenes is 1. The molecule has 1 aromatic rings. The SMILES string of the molecule is C#CCN(C)C(=O)[C@@H](C)[C@@H]1CC[C@]2(C)Cc3sc(C4CCNCC4)nc3[C@H](C)[C@@H]2[C@H]1O. The van der Waals surface area contributed by atoms with E-state index in [4.69, 9.17) is 11.4 Å². The number of aliphatic hydroxyl groups excluding tert-OH is 1. The van der Waals surface area contributed by atoms with Crippen molar-refractivity contribution in [2.45, 2.75) is 70.8 Å². The fraction of sp³-hybridized carbons (Fsp3) is 0.760. The van der Waals surface area contributed by atoms with Crippen LogP contribution in [0.3, 0.4) is 0 Å². The minimum Gasteiger partial charge on any atom is -0.392 e. The molecule has 0 spiro atoms. The van der Waals surface area contributed by atoms with Gasteiger partial charge in [0.15, 0.2) is 0 Å². The molecule has 0 unspecified atom stereocenters. The number of aromatic nitrogens is 1. The Morgan fingerprint density at radius 2 is 2.13 bits per heavy atom. The highest BCUT2D eigenvalue weighted by Gasteiger charge is 2.54. The third-order valence-corrected chi connectivity index (χ3v) is 9.60. The quantitative estimate of drug-likeness (QED) is 0.700. The molecule has 6 heteroatoms. The summed E-state index contributed by atoms with van der Waals surface area (Å²) in [4.78, 5) is 21.1. The van der Waals surface area contributed by atoms with Crippen LogP contribution in [-0.4, -0.2) is 53.7 Å². The minimum atomic E-state index is -0.496. The van der Waals surface area contributed by atoms with E-state index in [9.17, 15) is 9.90 Å². The number of nitrogens with one attached hydrogen (secondary N) is 1.